The van der Waals surface area contributed by atoms with E-state index in [-0.39, 0.29) is 0 Å². The summed E-state index contributed by atoms with van der Waals surface area (Å²) in [5.41, 5.74) is 0.935. The Morgan fingerprint density at radius 1 is 1.35 bits per heavy atom. The zero-order valence-electron chi connectivity index (χ0n) is 9.54. The normalized spacial score (nSPS) is 12.6. The molecule has 17 heavy (non-hydrogen) atoms. The van der Waals surface area contributed by atoms with Crippen molar-refractivity contribution in [1.29, 1.82) is 0 Å². The maximum atomic E-state index is 9.92. The fraction of sp³-hybridized carbons (Fsp3) is 0.333. The molecule has 4 nitrogen and oxygen atoms in total. The summed E-state index contributed by atoms with van der Waals surface area (Å²) in [4.78, 5) is 4.10. The molecule has 5 heteroatoms. The van der Waals surface area contributed by atoms with Gasteiger partial charge in [0.25, 0.3) is 0 Å². The molecule has 0 amide bonds. The maximum absolute atomic E-state index is 9.92. The van der Waals surface area contributed by atoms with Gasteiger partial charge in [0.1, 0.15) is 0 Å². The second-order valence-corrected chi connectivity index (χ2v) is 4.70. The van der Waals surface area contributed by atoms with E-state index >= 15 is 0 Å². The lowest BCUT2D eigenvalue weighted by molar-refractivity contribution is 0.204. The fourth-order valence-corrected chi connectivity index (χ4v) is 2.27. The summed E-state index contributed by atoms with van der Waals surface area (Å²) >= 11 is 1.59. The molecule has 0 fully saturated rings. The Morgan fingerprint density at radius 3 is 2.76 bits per heavy atom. The highest BCUT2D eigenvalue weighted by atomic mass is 32.2. The summed E-state index contributed by atoms with van der Waals surface area (Å²) in [5.74, 6) is 2.52. The Balaban J connectivity index is 1.79. The third-order valence-electron chi connectivity index (χ3n) is 2.26. The Morgan fingerprint density at radius 2 is 2.12 bits per heavy atom. The van der Waals surface area contributed by atoms with E-state index in [2.05, 4.69) is 10.1 Å². The molecule has 90 valence electrons. The minimum Gasteiger partial charge on any atom is -0.388 e. The van der Waals surface area contributed by atoms with E-state index in [1.54, 1.807) is 18.7 Å². The minimum absolute atomic E-state index is 0.450. The minimum atomic E-state index is -0.450. The van der Waals surface area contributed by atoms with Crippen LogP contribution in [0.4, 0.5) is 0 Å². The van der Waals surface area contributed by atoms with Crippen LogP contribution in [0.5, 0.6) is 0 Å². The molecule has 1 unspecified atom stereocenters. The van der Waals surface area contributed by atoms with Gasteiger partial charge in [-0.3, -0.25) is 0 Å². The summed E-state index contributed by atoms with van der Waals surface area (Å²) < 4.78 is 4.87. The van der Waals surface area contributed by atoms with Crippen molar-refractivity contribution in [3.63, 3.8) is 0 Å². The first-order valence-electron chi connectivity index (χ1n) is 5.35. The number of rotatable bonds is 5. The van der Waals surface area contributed by atoms with Crippen molar-refractivity contribution < 1.29 is 9.63 Å². The van der Waals surface area contributed by atoms with Crippen LogP contribution in [0.15, 0.2) is 34.9 Å². The first-order valence-corrected chi connectivity index (χ1v) is 6.51. The van der Waals surface area contributed by atoms with Gasteiger partial charge in [0.2, 0.25) is 5.89 Å². The largest absolute Gasteiger partial charge is 0.388 e. The number of thioether (sulfide) groups is 1. The van der Waals surface area contributed by atoms with Crippen molar-refractivity contribution in [2.45, 2.75) is 18.8 Å². The number of aliphatic hydroxyl groups excluding tert-OH is 1. The van der Waals surface area contributed by atoms with Gasteiger partial charge >= 0.3 is 0 Å². The van der Waals surface area contributed by atoms with E-state index in [0.717, 1.165) is 5.56 Å². The Labute approximate surface area is 104 Å². The van der Waals surface area contributed by atoms with Gasteiger partial charge in [-0.2, -0.15) is 16.7 Å². The molecule has 1 aromatic heterocycles. The standard InChI is InChI=1S/C12H14N2O2S/c1-9-13-12(14-16-9)8-17-7-11(15)10-5-3-2-4-6-10/h2-6,11,15H,7-8H2,1H3. The van der Waals surface area contributed by atoms with Crippen molar-refractivity contribution in [1.82, 2.24) is 10.1 Å². The van der Waals surface area contributed by atoms with Crippen molar-refractivity contribution >= 4 is 11.8 Å². The molecule has 0 bridgehead atoms. The van der Waals surface area contributed by atoms with E-state index in [4.69, 9.17) is 4.52 Å². The van der Waals surface area contributed by atoms with Crippen molar-refractivity contribution in [2.75, 3.05) is 5.75 Å². The summed E-state index contributed by atoms with van der Waals surface area (Å²) in [6.07, 6.45) is -0.450. The fourth-order valence-electron chi connectivity index (χ4n) is 1.43. The van der Waals surface area contributed by atoms with E-state index in [0.29, 0.717) is 23.2 Å². The van der Waals surface area contributed by atoms with E-state index in [1.165, 1.54) is 0 Å². The first kappa shape index (κ1) is 12.1. The second-order valence-electron chi connectivity index (χ2n) is 3.67. The average molecular weight is 250 g/mol. The van der Waals surface area contributed by atoms with E-state index in [1.807, 2.05) is 30.3 Å². The molecule has 0 aliphatic heterocycles. The van der Waals surface area contributed by atoms with Crippen LogP contribution in [0.1, 0.15) is 23.4 Å². The lowest BCUT2D eigenvalue weighted by Gasteiger charge is -2.09. The maximum Gasteiger partial charge on any atom is 0.223 e. The molecule has 0 saturated heterocycles. The van der Waals surface area contributed by atoms with Crippen LogP contribution >= 0.6 is 11.8 Å². The van der Waals surface area contributed by atoms with Crippen molar-refractivity contribution in [3.05, 3.63) is 47.6 Å². The van der Waals surface area contributed by atoms with E-state index in [9.17, 15) is 5.11 Å². The Kier molecular flexibility index (Phi) is 4.17. The third kappa shape index (κ3) is 3.57. The summed E-state index contributed by atoms with van der Waals surface area (Å²) in [6.45, 7) is 1.76. The number of hydrogen-bond donors (Lipinski definition) is 1. The zero-order chi connectivity index (χ0) is 12.1. The summed E-state index contributed by atoms with van der Waals surface area (Å²) in [7, 11) is 0. The third-order valence-corrected chi connectivity index (χ3v) is 3.27. The molecule has 0 aliphatic rings. The first-order chi connectivity index (χ1) is 8.25. The van der Waals surface area contributed by atoms with Gasteiger partial charge in [-0.25, -0.2) is 0 Å². The van der Waals surface area contributed by atoms with Crippen LogP contribution in [-0.4, -0.2) is 21.0 Å². The number of aryl methyl sites for hydroxylation is 1. The average Bonchev–Trinajstić information content (AvgIpc) is 2.76. The highest BCUT2D eigenvalue weighted by Gasteiger charge is 2.08. The zero-order valence-corrected chi connectivity index (χ0v) is 10.4. The number of aromatic nitrogens is 2. The monoisotopic (exact) mass is 250 g/mol. The predicted octanol–water partition coefficient (Wildman–Crippen LogP) is 2.34. The van der Waals surface area contributed by atoms with Gasteiger partial charge in [-0.15, -0.1) is 0 Å². The molecular formula is C12H14N2O2S. The van der Waals surface area contributed by atoms with Crippen molar-refractivity contribution in [2.24, 2.45) is 0 Å². The van der Waals surface area contributed by atoms with Crippen LogP contribution < -0.4 is 0 Å². The van der Waals surface area contributed by atoms with Crippen LogP contribution in [0, 0.1) is 6.92 Å². The predicted molar refractivity (Wildman–Crippen MR) is 66.6 cm³/mol. The Hall–Kier alpha value is -1.33. The summed E-state index contributed by atoms with van der Waals surface area (Å²) in [5, 5.41) is 13.7. The molecule has 0 saturated carbocycles. The quantitative estimate of drug-likeness (QED) is 0.882. The van der Waals surface area contributed by atoms with Crippen LogP contribution in [0.25, 0.3) is 0 Å². The lowest BCUT2D eigenvalue weighted by atomic mass is 10.1. The highest BCUT2D eigenvalue weighted by molar-refractivity contribution is 7.98. The number of aliphatic hydroxyl groups is 1. The molecule has 1 atom stereocenters. The van der Waals surface area contributed by atoms with Gasteiger partial charge < -0.3 is 9.63 Å². The van der Waals surface area contributed by atoms with Crippen molar-refractivity contribution in [3.8, 4) is 0 Å². The molecule has 0 radical (unpaired) electrons. The molecule has 1 aromatic carbocycles. The molecular weight excluding hydrogens is 236 g/mol. The van der Waals surface area contributed by atoms with Crippen LogP contribution in [0.3, 0.4) is 0 Å². The van der Waals surface area contributed by atoms with E-state index < -0.39 is 6.10 Å². The highest BCUT2D eigenvalue weighted by Crippen LogP contribution is 2.19. The molecule has 0 spiro atoms. The van der Waals surface area contributed by atoms with Gasteiger partial charge in [0.15, 0.2) is 5.82 Å². The van der Waals surface area contributed by atoms with Crippen LogP contribution in [-0.2, 0) is 5.75 Å². The number of benzene rings is 1. The van der Waals surface area contributed by atoms with Gasteiger partial charge in [0.05, 0.1) is 11.9 Å². The molecule has 1 N–H and O–H groups in total. The van der Waals surface area contributed by atoms with Gasteiger partial charge in [-0.1, -0.05) is 35.5 Å². The number of hydrogen-bond acceptors (Lipinski definition) is 5. The van der Waals surface area contributed by atoms with Crippen LogP contribution in [0.2, 0.25) is 0 Å². The van der Waals surface area contributed by atoms with Gasteiger partial charge in [-0.05, 0) is 5.56 Å². The second kappa shape index (κ2) is 5.84. The van der Waals surface area contributed by atoms with Gasteiger partial charge in [0, 0.05) is 12.7 Å². The topological polar surface area (TPSA) is 59.2 Å². The molecule has 2 rings (SSSR count). The molecule has 2 aromatic rings. The Bertz CT molecular complexity index is 459. The number of nitrogens with zero attached hydrogens (tertiary/aromatic N) is 2. The smallest absolute Gasteiger partial charge is 0.223 e. The lowest BCUT2D eigenvalue weighted by Crippen LogP contribution is -2.00. The SMILES string of the molecule is Cc1nc(CSCC(O)c2ccccc2)no1. The molecule has 1 heterocycles. The summed E-state index contributed by atoms with van der Waals surface area (Å²) in [6, 6.07) is 9.62. The molecule has 0 aliphatic carbocycles.